The standard InChI is InChI=1S/C40H54N2O8/c1-4-20-42(39(46)47-6-3)36-26-34(41-49-27-28-14-8-7-9-15-28)32-24-29(16-10-12-21-43)31(17-11-13-22-44)37-33-25-30(45)18-19-35(33)50-40(36,38(32)37)48-23-5-2/h5,7-9,14-15,18-19,24-25,29,31,36-38,43-45H,2,4,6,10-13,16-17,20-23,26-27H2,1,3H3/t29-,31+,36-,37+,38+,40+/m0/s1. The van der Waals surface area contributed by atoms with E-state index in [0.29, 0.717) is 38.0 Å². The number of hydrogen-bond donors (Lipinski definition) is 3. The lowest BCUT2D eigenvalue weighted by Gasteiger charge is -2.59. The Labute approximate surface area is 296 Å². The lowest BCUT2D eigenvalue weighted by molar-refractivity contribution is -0.255. The minimum Gasteiger partial charge on any atom is -0.508 e. The van der Waals surface area contributed by atoms with Gasteiger partial charge in [0, 0.05) is 37.7 Å². The van der Waals surface area contributed by atoms with Crippen molar-refractivity contribution in [3.63, 3.8) is 0 Å². The van der Waals surface area contributed by atoms with E-state index in [4.69, 9.17) is 24.2 Å². The van der Waals surface area contributed by atoms with Gasteiger partial charge >= 0.3 is 6.09 Å². The van der Waals surface area contributed by atoms with Crippen molar-refractivity contribution in [1.82, 2.24) is 4.90 Å². The van der Waals surface area contributed by atoms with E-state index in [-0.39, 0.29) is 56.5 Å². The average Bonchev–Trinajstić information content (AvgIpc) is 3.12. The molecule has 2 aliphatic carbocycles. The van der Waals surface area contributed by atoms with Crippen LogP contribution in [0.15, 0.2) is 78.0 Å². The molecule has 0 radical (unpaired) electrons. The van der Waals surface area contributed by atoms with Gasteiger partial charge in [-0.3, -0.25) is 4.90 Å². The van der Waals surface area contributed by atoms with Gasteiger partial charge in [0.1, 0.15) is 24.1 Å². The number of benzene rings is 2. The molecule has 0 unspecified atom stereocenters. The Balaban J connectivity index is 1.74. The van der Waals surface area contributed by atoms with E-state index in [1.807, 2.05) is 37.3 Å². The van der Waals surface area contributed by atoms with Crippen molar-refractivity contribution in [2.45, 2.75) is 89.6 Å². The maximum atomic E-state index is 13.8. The lowest BCUT2D eigenvalue weighted by atomic mass is 9.55. The predicted molar refractivity (Wildman–Crippen MR) is 192 cm³/mol. The maximum absolute atomic E-state index is 13.8. The molecule has 1 saturated carbocycles. The number of allylic oxidation sites excluding steroid dienone is 1. The first-order valence-corrected chi connectivity index (χ1v) is 18.3. The number of unbranched alkanes of at least 4 members (excludes halogenated alkanes) is 2. The van der Waals surface area contributed by atoms with Crippen molar-refractivity contribution in [1.29, 1.82) is 0 Å². The molecule has 3 N–H and O–H groups in total. The molecule has 1 aliphatic heterocycles. The summed E-state index contributed by atoms with van der Waals surface area (Å²) in [5, 5.41) is 35.1. The molecule has 1 amide bonds. The molecule has 1 heterocycles. The number of phenolic OH excluding ortho intramolecular Hbond substituents is 1. The van der Waals surface area contributed by atoms with Crippen LogP contribution in [0.1, 0.15) is 82.3 Å². The molecule has 0 aromatic heterocycles. The van der Waals surface area contributed by atoms with Crippen LogP contribution < -0.4 is 4.74 Å². The number of ether oxygens (including phenoxy) is 3. The van der Waals surface area contributed by atoms with Crippen LogP contribution in [0.25, 0.3) is 0 Å². The number of carbonyl (C=O) groups is 1. The third-order valence-electron chi connectivity index (χ3n) is 10.2. The van der Waals surface area contributed by atoms with Crippen LogP contribution in [0.4, 0.5) is 4.79 Å². The van der Waals surface area contributed by atoms with Crippen LogP contribution in [0, 0.1) is 17.8 Å². The first-order valence-electron chi connectivity index (χ1n) is 18.3. The van der Waals surface area contributed by atoms with E-state index >= 15 is 0 Å². The predicted octanol–water partition coefficient (Wildman–Crippen LogP) is 7.09. The number of aliphatic hydroxyl groups is 2. The summed E-state index contributed by atoms with van der Waals surface area (Å²) < 4.78 is 19.6. The van der Waals surface area contributed by atoms with Crippen molar-refractivity contribution in [3.8, 4) is 11.5 Å². The van der Waals surface area contributed by atoms with Gasteiger partial charge in [-0.05, 0) is 80.2 Å². The number of oxime groups is 1. The van der Waals surface area contributed by atoms with Crippen LogP contribution in [-0.4, -0.2) is 76.8 Å². The number of aliphatic hydroxyl groups excluding tert-OH is 2. The number of carbonyl (C=O) groups excluding carboxylic acids is 1. The Morgan fingerprint density at radius 2 is 1.84 bits per heavy atom. The molecule has 2 aromatic rings. The monoisotopic (exact) mass is 690 g/mol. The molecule has 0 spiro atoms. The Bertz CT molecular complexity index is 1480. The molecule has 10 nitrogen and oxygen atoms in total. The smallest absolute Gasteiger partial charge is 0.410 e. The van der Waals surface area contributed by atoms with Crippen LogP contribution in [0.3, 0.4) is 0 Å². The summed E-state index contributed by atoms with van der Waals surface area (Å²) in [5.41, 5.74) is 3.53. The zero-order valence-corrected chi connectivity index (χ0v) is 29.5. The van der Waals surface area contributed by atoms with Gasteiger partial charge in [-0.1, -0.05) is 67.4 Å². The summed E-state index contributed by atoms with van der Waals surface area (Å²) in [6.45, 7) is 9.08. The fourth-order valence-electron chi connectivity index (χ4n) is 8.24. The SMILES string of the molecule is C=CCO[C@@]12Oc3ccc(O)cc3[C@H]3[C@H](CCCCO)[C@@H](CCCCO)C=C(C(=NOCc4ccccc4)C[C@@H]1N(CCC)C(=O)OCC)[C@H]32. The van der Waals surface area contributed by atoms with Gasteiger partial charge in [-0.15, -0.1) is 6.58 Å². The molecule has 272 valence electrons. The second-order valence-electron chi connectivity index (χ2n) is 13.4. The van der Waals surface area contributed by atoms with Crippen LogP contribution in [-0.2, 0) is 20.9 Å². The number of phenols is 1. The molecule has 3 aliphatic rings. The second kappa shape index (κ2) is 17.9. The second-order valence-corrected chi connectivity index (χ2v) is 13.4. The molecule has 6 atom stereocenters. The molecule has 50 heavy (non-hydrogen) atoms. The van der Waals surface area contributed by atoms with Crippen molar-refractivity contribution < 1.29 is 39.2 Å². The molecule has 1 fully saturated rings. The molecule has 10 heteroatoms. The fraction of sp³-hybridized carbons (Fsp3) is 0.550. The van der Waals surface area contributed by atoms with E-state index in [1.165, 1.54) is 0 Å². The Hall–Kier alpha value is -3.86. The first kappa shape index (κ1) is 37.4. The quantitative estimate of drug-likeness (QED) is 0.0859. The number of aromatic hydroxyl groups is 1. The van der Waals surface area contributed by atoms with Crippen molar-refractivity contribution >= 4 is 11.8 Å². The van der Waals surface area contributed by atoms with Crippen LogP contribution in [0.2, 0.25) is 0 Å². The highest BCUT2D eigenvalue weighted by atomic mass is 16.7. The van der Waals surface area contributed by atoms with E-state index in [2.05, 4.69) is 12.7 Å². The number of fused-ring (bicyclic) bond motifs is 2. The number of rotatable bonds is 18. The summed E-state index contributed by atoms with van der Waals surface area (Å²) in [5.74, 6) is -1.05. The summed E-state index contributed by atoms with van der Waals surface area (Å²) >= 11 is 0. The number of hydrogen-bond acceptors (Lipinski definition) is 9. The van der Waals surface area contributed by atoms with Gasteiger partial charge in [0.15, 0.2) is 0 Å². The highest BCUT2D eigenvalue weighted by Crippen LogP contribution is 2.61. The first-order chi connectivity index (χ1) is 24.4. The minimum atomic E-state index is -1.35. The lowest BCUT2D eigenvalue weighted by Crippen LogP contribution is -2.70. The van der Waals surface area contributed by atoms with Gasteiger partial charge in [-0.25, -0.2) is 4.79 Å². The zero-order chi connectivity index (χ0) is 35.5. The molecule has 2 aromatic carbocycles. The minimum absolute atomic E-state index is 0.0811. The van der Waals surface area contributed by atoms with Gasteiger partial charge in [0.05, 0.1) is 24.8 Å². The van der Waals surface area contributed by atoms with Crippen LogP contribution in [0.5, 0.6) is 11.5 Å². The van der Waals surface area contributed by atoms with Crippen molar-refractivity contribution in [3.05, 3.63) is 84.0 Å². The summed E-state index contributed by atoms with van der Waals surface area (Å²) in [6, 6.07) is 14.4. The summed E-state index contributed by atoms with van der Waals surface area (Å²) in [4.78, 5) is 21.6. The van der Waals surface area contributed by atoms with Crippen LogP contribution >= 0.6 is 0 Å². The zero-order valence-electron chi connectivity index (χ0n) is 29.5. The largest absolute Gasteiger partial charge is 0.508 e. The highest BCUT2D eigenvalue weighted by molar-refractivity contribution is 6.02. The molecular formula is C40H54N2O8. The number of amides is 1. The van der Waals surface area contributed by atoms with E-state index < -0.39 is 23.8 Å². The van der Waals surface area contributed by atoms with Crippen molar-refractivity contribution in [2.75, 3.05) is 33.0 Å². The normalized spacial score (nSPS) is 25.9. The summed E-state index contributed by atoms with van der Waals surface area (Å²) in [6.07, 6.45) is 9.21. The molecule has 0 saturated heterocycles. The number of nitrogens with zero attached hydrogens (tertiary/aromatic N) is 2. The molecule has 0 bridgehead atoms. The van der Waals surface area contributed by atoms with Gasteiger partial charge in [-0.2, -0.15) is 0 Å². The third-order valence-corrected chi connectivity index (χ3v) is 10.2. The Morgan fingerprint density at radius 1 is 1.08 bits per heavy atom. The maximum Gasteiger partial charge on any atom is 0.410 e. The highest BCUT2D eigenvalue weighted by Gasteiger charge is 2.65. The van der Waals surface area contributed by atoms with E-state index in [9.17, 15) is 20.1 Å². The van der Waals surface area contributed by atoms with Crippen molar-refractivity contribution in [2.24, 2.45) is 22.9 Å². The van der Waals surface area contributed by atoms with Gasteiger partial charge < -0.3 is 34.4 Å². The van der Waals surface area contributed by atoms with E-state index in [0.717, 1.165) is 48.1 Å². The molecular weight excluding hydrogens is 636 g/mol. The topological polar surface area (TPSA) is 130 Å². The molecule has 5 rings (SSSR count). The third kappa shape index (κ3) is 8.03. The van der Waals surface area contributed by atoms with Gasteiger partial charge in [0.2, 0.25) is 5.79 Å². The summed E-state index contributed by atoms with van der Waals surface area (Å²) in [7, 11) is 0. The average molecular weight is 691 g/mol. The Morgan fingerprint density at radius 3 is 2.54 bits per heavy atom. The fourth-order valence-corrected chi connectivity index (χ4v) is 8.24. The Kier molecular flexibility index (Phi) is 13.4. The van der Waals surface area contributed by atoms with Gasteiger partial charge in [0.25, 0.3) is 0 Å². The van der Waals surface area contributed by atoms with E-state index in [1.54, 1.807) is 36.1 Å².